The fourth-order valence-corrected chi connectivity index (χ4v) is 3.98. The van der Waals surface area contributed by atoms with Crippen molar-refractivity contribution in [2.75, 3.05) is 37.4 Å². The molecular weight excluding hydrogens is 366 g/mol. The highest BCUT2D eigenvalue weighted by Gasteiger charge is 2.28. The lowest BCUT2D eigenvalue weighted by Crippen LogP contribution is -2.46. The molecule has 1 aliphatic heterocycles. The Kier molecular flexibility index (Phi) is 5.29. The van der Waals surface area contributed by atoms with Crippen molar-refractivity contribution in [3.05, 3.63) is 48.3 Å². The second-order valence-corrected chi connectivity index (χ2v) is 7.42. The Hall–Kier alpha value is -3.22. The Morgan fingerprint density at radius 1 is 1.31 bits per heavy atom. The number of likely N-dealkylation sites (tertiary alicyclic amines) is 1. The van der Waals surface area contributed by atoms with E-state index in [-0.39, 0.29) is 5.91 Å². The number of piperidine rings is 1. The zero-order valence-electron chi connectivity index (χ0n) is 16.9. The molecule has 1 aromatic carbocycles. The fraction of sp³-hybridized carbons (Fsp3) is 0.364. The number of carbonyl (C=O) groups is 1. The number of pyridine rings is 1. The standard InChI is InChI=1S/C22H27N5O2/c1-3-29-20-5-4-10-24-21(20)26(2)17-8-11-27(12-9-17)22(28)19-14-15-13-16(23)6-7-18(15)25-19/h4-7,10,13-14,17,25H,3,8-9,11-12,23H2,1-2H3. The van der Waals surface area contributed by atoms with Crippen molar-refractivity contribution < 1.29 is 9.53 Å². The number of aromatic amines is 1. The molecule has 7 heteroatoms. The average molecular weight is 393 g/mol. The van der Waals surface area contributed by atoms with Gasteiger partial charge in [-0.3, -0.25) is 4.79 Å². The molecule has 2 aromatic heterocycles. The number of carbonyl (C=O) groups excluding carboxylic acids is 1. The highest BCUT2D eigenvalue weighted by molar-refractivity contribution is 5.98. The summed E-state index contributed by atoms with van der Waals surface area (Å²) < 4.78 is 5.72. The van der Waals surface area contributed by atoms with Crippen molar-refractivity contribution in [2.24, 2.45) is 0 Å². The van der Waals surface area contributed by atoms with Crippen molar-refractivity contribution in [3.8, 4) is 5.75 Å². The van der Waals surface area contributed by atoms with Crippen molar-refractivity contribution in [1.29, 1.82) is 0 Å². The van der Waals surface area contributed by atoms with Crippen LogP contribution in [0.25, 0.3) is 10.9 Å². The van der Waals surface area contributed by atoms with E-state index >= 15 is 0 Å². The second-order valence-electron chi connectivity index (χ2n) is 7.42. The van der Waals surface area contributed by atoms with Crippen molar-refractivity contribution in [2.45, 2.75) is 25.8 Å². The van der Waals surface area contributed by atoms with Crippen LogP contribution in [0.2, 0.25) is 0 Å². The van der Waals surface area contributed by atoms with Gasteiger partial charge in [0.2, 0.25) is 0 Å². The van der Waals surface area contributed by atoms with E-state index in [1.807, 2.05) is 48.2 Å². The van der Waals surface area contributed by atoms with Crippen LogP contribution in [0.1, 0.15) is 30.3 Å². The number of amides is 1. The summed E-state index contributed by atoms with van der Waals surface area (Å²) >= 11 is 0. The van der Waals surface area contributed by atoms with Gasteiger partial charge in [0, 0.05) is 49.0 Å². The van der Waals surface area contributed by atoms with E-state index in [2.05, 4.69) is 21.9 Å². The number of H-pyrrole nitrogens is 1. The van der Waals surface area contributed by atoms with Crippen LogP contribution < -0.4 is 15.4 Å². The Labute approximate surface area is 170 Å². The topological polar surface area (TPSA) is 87.5 Å². The number of hydrogen-bond donors (Lipinski definition) is 2. The molecule has 1 aliphatic rings. The number of nitrogens with two attached hydrogens (primary N) is 1. The third-order valence-corrected chi connectivity index (χ3v) is 5.56. The second kappa shape index (κ2) is 8.03. The van der Waals surface area contributed by atoms with Gasteiger partial charge in [-0.15, -0.1) is 0 Å². The third-order valence-electron chi connectivity index (χ3n) is 5.56. The van der Waals surface area contributed by atoms with E-state index in [1.54, 1.807) is 6.20 Å². The van der Waals surface area contributed by atoms with Crippen LogP contribution in [0.5, 0.6) is 5.75 Å². The summed E-state index contributed by atoms with van der Waals surface area (Å²) in [5, 5.41) is 0.960. The first-order valence-corrected chi connectivity index (χ1v) is 10.0. The summed E-state index contributed by atoms with van der Waals surface area (Å²) in [5.74, 6) is 1.69. The Morgan fingerprint density at radius 3 is 2.86 bits per heavy atom. The van der Waals surface area contributed by atoms with E-state index in [4.69, 9.17) is 10.5 Å². The number of fused-ring (bicyclic) bond motifs is 1. The van der Waals surface area contributed by atoms with Crippen molar-refractivity contribution in [1.82, 2.24) is 14.9 Å². The molecule has 0 saturated carbocycles. The highest BCUT2D eigenvalue weighted by Crippen LogP contribution is 2.29. The van der Waals surface area contributed by atoms with E-state index in [9.17, 15) is 4.79 Å². The molecule has 1 fully saturated rings. The summed E-state index contributed by atoms with van der Waals surface area (Å²) in [6.07, 6.45) is 3.56. The first kappa shape index (κ1) is 19.1. The zero-order chi connectivity index (χ0) is 20.4. The minimum Gasteiger partial charge on any atom is -0.490 e. The number of benzene rings is 1. The predicted molar refractivity (Wildman–Crippen MR) is 115 cm³/mol. The first-order chi connectivity index (χ1) is 14.1. The fourth-order valence-electron chi connectivity index (χ4n) is 3.98. The molecule has 0 aliphatic carbocycles. The molecule has 0 atom stereocenters. The number of anilines is 2. The van der Waals surface area contributed by atoms with Crippen LogP contribution in [-0.2, 0) is 0 Å². The molecule has 152 valence electrons. The molecule has 0 spiro atoms. The van der Waals surface area contributed by atoms with Gasteiger partial charge in [0.25, 0.3) is 5.91 Å². The SMILES string of the molecule is CCOc1cccnc1N(C)C1CCN(C(=O)c2cc3cc(N)ccc3[nH]2)CC1. The maximum atomic E-state index is 13.0. The van der Waals surface area contributed by atoms with Crippen LogP contribution in [0.3, 0.4) is 0 Å². The maximum Gasteiger partial charge on any atom is 0.270 e. The number of hydrogen-bond acceptors (Lipinski definition) is 5. The van der Waals surface area contributed by atoms with Crippen LogP contribution in [0, 0.1) is 0 Å². The minimum absolute atomic E-state index is 0.0358. The molecule has 0 radical (unpaired) electrons. The number of ether oxygens (including phenoxy) is 1. The number of aromatic nitrogens is 2. The lowest BCUT2D eigenvalue weighted by Gasteiger charge is -2.37. The van der Waals surface area contributed by atoms with E-state index in [0.717, 1.165) is 35.3 Å². The maximum absolute atomic E-state index is 13.0. The van der Waals surface area contributed by atoms with Gasteiger partial charge in [0.1, 0.15) is 5.69 Å². The molecule has 4 rings (SSSR count). The lowest BCUT2D eigenvalue weighted by atomic mass is 10.0. The van der Waals surface area contributed by atoms with Gasteiger partial charge in [-0.2, -0.15) is 0 Å². The first-order valence-electron chi connectivity index (χ1n) is 10.0. The Bertz CT molecular complexity index is 1010. The molecule has 3 aromatic rings. The Morgan fingerprint density at radius 2 is 2.10 bits per heavy atom. The van der Waals surface area contributed by atoms with Gasteiger partial charge in [-0.25, -0.2) is 4.98 Å². The number of rotatable bonds is 5. The summed E-state index contributed by atoms with van der Waals surface area (Å²) in [5.41, 5.74) is 8.08. The monoisotopic (exact) mass is 393 g/mol. The molecule has 1 amide bonds. The van der Waals surface area contributed by atoms with E-state index in [0.29, 0.717) is 37.1 Å². The lowest BCUT2D eigenvalue weighted by molar-refractivity contribution is 0.0708. The quantitative estimate of drug-likeness (QED) is 0.650. The van der Waals surface area contributed by atoms with E-state index < -0.39 is 0 Å². The van der Waals surface area contributed by atoms with Gasteiger partial charge in [-0.05, 0) is 56.2 Å². The van der Waals surface area contributed by atoms with Crippen molar-refractivity contribution in [3.63, 3.8) is 0 Å². The molecule has 0 unspecified atom stereocenters. The van der Waals surface area contributed by atoms with E-state index in [1.165, 1.54) is 0 Å². The van der Waals surface area contributed by atoms with Gasteiger partial charge in [-0.1, -0.05) is 0 Å². The predicted octanol–water partition coefficient (Wildman–Crippen LogP) is 3.28. The summed E-state index contributed by atoms with van der Waals surface area (Å²) in [4.78, 5) is 24.8. The minimum atomic E-state index is 0.0358. The Balaban J connectivity index is 1.42. The summed E-state index contributed by atoms with van der Waals surface area (Å²) in [6.45, 7) is 4.00. The smallest absolute Gasteiger partial charge is 0.270 e. The molecule has 1 saturated heterocycles. The molecule has 7 nitrogen and oxygen atoms in total. The zero-order valence-corrected chi connectivity index (χ0v) is 16.9. The number of nitrogen functional groups attached to an aromatic ring is 1. The third kappa shape index (κ3) is 3.85. The largest absolute Gasteiger partial charge is 0.490 e. The normalized spacial score (nSPS) is 14.9. The highest BCUT2D eigenvalue weighted by atomic mass is 16.5. The van der Waals surface area contributed by atoms with Gasteiger partial charge >= 0.3 is 0 Å². The van der Waals surface area contributed by atoms with Gasteiger partial charge in [0.05, 0.1) is 6.61 Å². The van der Waals surface area contributed by atoms with Crippen molar-refractivity contribution >= 4 is 28.3 Å². The summed E-state index contributed by atoms with van der Waals surface area (Å²) in [7, 11) is 2.05. The van der Waals surface area contributed by atoms with Gasteiger partial charge in [0.15, 0.2) is 11.6 Å². The van der Waals surface area contributed by atoms with Gasteiger partial charge < -0.3 is 25.3 Å². The average Bonchev–Trinajstić information content (AvgIpc) is 3.16. The van der Waals surface area contributed by atoms with Crippen LogP contribution >= 0.6 is 0 Å². The number of nitrogens with one attached hydrogen (secondary N) is 1. The molecular formula is C22H27N5O2. The molecule has 0 bridgehead atoms. The molecule has 29 heavy (non-hydrogen) atoms. The van der Waals surface area contributed by atoms with Crippen LogP contribution in [0.15, 0.2) is 42.6 Å². The number of nitrogens with zero attached hydrogens (tertiary/aromatic N) is 3. The molecule has 3 N–H and O–H groups in total. The van der Waals surface area contributed by atoms with Crippen LogP contribution in [0.4, 0.5) is 11.5 Å². The summed E-state index contributed by atoms with van der Waals surface area (Å²) in [6, 6.07) is 11.7. The molecule has 3 heterocycles. The van der Waals surface area contributed by atoms with Crippen LogP contribution in [-0.4, -0.2) is 53.6 Å².